The standard InChI is InChI=1S/C15H13ClFN3O/c1-21-20-13-8-3-2-5-10(13)9-18-15(20)19-12-7-4-6-11(16)14(12)17/h2-9,15,19H,1H3. The fourth-order valence-corrected chi connectivity index (χ4v) is 2.36. The normalized spacial score (nSPS) is 16.7. The van der Waals surface area contributed by atoms with Crippen molar-refractivity contribution >= 4 is 29.2 Å². The van der Waals surface area contributed by atoms with Crippen molar-refractivity contribution in [1.29, 1.82) is 0 Å². The molecular formula is C15H13ClFN3O. The van der Waals surface area contributed by atoms with E-state index in [0.29, 0.717) is 0 Å². The second kappa shape index (κ2) is 5.71. The molecule has 0 radical (unpaired) electrons. The molecule has 2 aromatic carbocycles. The summed E-state index contributed by atoms with van der Waals surface area (Å²) < 4.78 is 14.0. The van der Waals surface area contributed by atoms with Gasteiger partial charge in [-0.2, -0.15) is 0 Å². The van der Waals surface area contributed by atoms with Gasteiger partial charge in [-0.25, -0.2) is 14.4 Å². The van der Waals surface area contributed by atoms with Crippen LogP contribution in [-0.4, -0.2) is 19.6 Å². The van der Waals surface area contributed by atoms with Crippen molar-refractivity contribution in [3.8, 4) is 0 Å². The van der Waals surface area contributed by atoms with E-state index in [1.54, 1.807) is 30.5 Å². The molecule has 1 aliphatic rings. The highest BCUT2D eigenvalue weighted by atomic mass is 35.5. The molecule has 1 aliphatic heterocycles. The number of nitrogens with zero attached hydrogens (tertiary/aromatic N) is 2. The molecule has 1 N–H and O–H groups in total. The number of benzene rings is 2. The minimum Gasteiger partial charge on any atom is -0.343 e. The number of nitrogens with one attached hydrogen (secondary N) is 1. The Morgan fingerprint density at radius 2 is 2.05 bits per heavy atom. The smallest absolute Gasteiger partial charge is 0.219 e. The number of para-hydroxylation sites is 1. The Balaban J connectivity index is 1.92. The molecule has 2 aromatic rings. The molecule has 1 heterocycles. The van der Waals surface area contributed by atoms with Crippen molar-refractivity contribution in [2.45, 2.75) is 6.29 Å². The number of aliphatic imine (C=N–C) groups is 1. The predicted octanol–water partition coefficient (Wildman–Crippen LogP) is 3.68. The molecule has 0 saturated heterocycles. The summed E-state index contributed by atoms with van der Waals surface area (Å²) in [7, 11) is 1.54. The molecule has 6 heteroatoms. The van der Waals surface area contributed by atoms with Crippen LogP contribution in [0.3, 0.4) is 0 Å². The first-order valence-corrected chi connectivity index (χ1v) is 6.74. The maximum atomic E-state index is 14.0. The number of anilines is 2. The first kappa shape index (κ1) is 13.9. The Bertz CT molecular complexity index is 692. The van der Waals surface area contributed by atoms with E-state index in [9.17, 15) is 4.39 Å². The molecule has 1 atom stereocenters. The molecule has 0 spiro atoms. The van der Waals surface area contributed by atoms with E-state index in [4.69, 9.17) is 16.4 Å². The number of fused-ring (bicyclic) bond motifs is 1. The van der Waals surface area contributed by atoms with Gasteiger partial charge in [0.25, 0.3) is 0 Å². The molecule has 0 aliphatic carbocycles. The summed E-state index contributed by atoms with van der Waals surface area (Å²) >= 11 is 5.78. The first-order valence-electron chi connectivity index (χ1n) is 6.37. The summed E-state index contributed by atoms with van der Waals surface area (Å²) in [6.45, 7) is 0. The molecule has 108 valence electrons. The number of halogens is 2. The lowest BCUT2D eigenvalue weighted by atomic mass is 10.1. The number of hydrogen-bond acceptors (Lipinski definition) is 4. The van der Waals surface area contributed by atoms with E-state index in [1.807, 2.05) is 24.3 Å². The van der Waals surface area contributed by atoms with Crippen molar-refractivity contribution in [3.05, 3.63) is 58.9 Å². The Morgan fingerprint density at radius 1 is 1.24 bits per heavy atom. The Hall–Kier alpha value is -2.11. The van der Waals surface area contributed by atoms with Crippen LogP contribution < -0.4 is 10.4 Å². The van der Waals surface area contributed by atoms with Gasteiger partial charge in [-0.3, -0.25) is 4.84 Å². The van der Waals surface area contributed by atoms with Crippen molar-refractivity contribution in [1.82, 2.24) is 0 Å². The molecule has 3 rings (SSSR count). The van der Waals surface area contributed by atoms with Crippen LogP contribution in [0.5, 0.6) is 0 Å². The zero-order chi connectivity index (χ0) is 14.8. The average molecular weight is 306 g/mol. The summed E-state index contributed by atoms with van der Waals surface area (Å²) in [6.07, 6.45) is 1.16. The lowest BCUT2D eigenvalue weighted by Crippen LogP contribution is -2.41. The topological polar surface area (TPSA) is 36.9 Å². The molecule has 0 amide bonds. The number of hydroxylamine groups is 1. The molecule has 0 saturated carbocycles. The van der Waals surface area contributed by atoms with Gasteiger partial charge in [0.05, 0.1) is 23.5 Å². The van der Waals surface area contributed by atoms with E-state index in [-0.39, 0.29) is 10.7 Å². The molecule has 0 fully saturated rings. The zero-order valence-corrected chi connectivity index (χ0v) is 12.0. The highest BCUT2D eigenvalue weighted by Crippen LogP contribution is 2.28. The highest BCUT2D eigenvalue weighted by Gasteiger charge is 2.24. The van der Waals surface area contributed by atoms with Gasteiger partial charge >= 0.3 is 0 Å². The van der Waals surface area contributed by atoms with Gasteiger partial charge in [0.1, 0.15) is 0 Å². The quantitative estimate of drug-likeness (QED) is 0.940. The summed E-state index contributed by atoms with van der Waals surface area (Å²) in [4.78, 5) is 9.72. The van der Waals surface area contributed by atoms with E-state index in [0.717, 1.165) is 11.3 Å². The second-order valence-corrected chi connectivity index (χ2v) is 4.87. The molecule has 21 heavy (non-hydrogen) atoms. The van der Waals surface area contributed by atoms with Crippen molar-refractivity contribution in [2.24, 2.45) is 4.99 Å². The lowest BCUT2D eigenvalue weighted by Gasteiger charge is -2.33. The maximum absolute atomic E-state index is 14.0. The lowest BCUT2D eigenvalue weighted by molar-refractivity contribution is 0.147. The maximum Gasteiger partial charge on any atom is 0.219 e. The van der Waals surface area contributed by atoms with Gasteiger partial charge in [-0.1, -0.05) is 35.9 Å². The van der Waals surface area contributed by atoms with Gasteiger partial charge in [-0.15, -0.1) is 0 Å². The van der Waals surface area contributed by atoms with E-state index in [2.05, 4.69) is 10.3 Å². The summed E-state index contributed by atoms with van der Waals surface area (Å²) in [5.41, 5.74) is 2.06. The number of rotatable bonds is 3. The summed E-state index contributed by atoms with van der Waals surface area (Å²) in [5, 5.41) is 4.61. The van der Waals surface area contributed by atoms with Gasteiger partial charge in [0.15, 0.2) is 5.82 Å². The van der Waals surface area contributed by atoms with Gasteiger partial charge in [0.2, 0.25) is 6.29 Å². The fourth-order valence-electron chi connectivity index (χ4n) is 2.19. The SMILES string of the molecule is CON1c2ccccc2C=NC1Nc1cccc(Cl)c1F. The van der Waals surface area contributed by atoms with E-state index in [1.165, 1.54) is 6.07 Å². The monoisotopic (exact) mass is 305 g/mol. The van der Waals surface area contributed by atoms with Crippen LogP contribution in [0.1, 0.15) is 5.56 Å². The minimum absolute atomic E-state index is 0.0594. The fraction of sp³-hybridized carbons (Fsp3) is 0.133. The number of hydrogen-bond donors (Lipinski definition) is 1. The Morgan fingerprint density at radius 3 is 2.86 bits per heavy atom. The zero-order valence-electron chi connectivity index (χ0n) is 11.3. The average Bonchev–Trinajstić information content (AvgIpc) is 2.51. The molecule has 1 unspecified atom stereocenters. The van der Waals surface area contributed by atoms with Gasteiger partial charge in [-0.05, 0) is 18.2 Å². The van der Waals surface area contributed by atoms with Crippen molar-refractivity contribution in [3.63, 3.8) is 0 Å². The largest absolute Gasteiger partial charge is 0.343 e. The van der Waals surface area contributed by atoms with Crippen LogP contribution in [0.25, 0.3) is 0 Å². The van der Waals surface area contributed by atoms with Crippen molar-refractivity contribution in [2.75, 3.05) is 17.5 Å². The molecule has 4 nitrogen and oxygen atoms in total. The molecule has 0 bridgehead atoms. The Labute approximate surface area is 126 Å². The van der Waals surface area contributed by atoms with Crippen LogP contribution >= 0.6 is 11.6 Å². The van der Waals surface area contributed by atoms with Crippen LogP contribution in [-0.2, 0) is 4.84 Å². The van der Waals surface area contributed by atoms with Gasteiger partial charge in [0, 0.05) is 11.8 Å². The van der Waals surface area contributed by atoms with Crippen LogP contribution in [0, 0.1) is 5.82 Å². The van der Waals surface area contributed by atoms with Gasteiger partial charge < -0.3 is 5.32 Å². The predicted molar refractivity (Wildman–Crippen MR) is 82.3 cm³/mol. The second-order valence-electron chi connectivity index (χ2n) is 4.46. The molecular weight excluding hydrogens is 293 g/mol. The summed E-state index contributed by atoms with van der Waals surface area (Å²) in [6, 6.07) is 12.4. The first-order chi connectivity index (χ1) is 10.2. The summed E-state index contributed by atoms with van der Waals surface area (Å²) in [5.74, 6) is -0.510. The molecule has 0 aromatic heterocycles. The van der Waals surface area contributed by atoms with Crippen LogP contribution in [0.4, 0.5) is 15.8 Å². The van der Waals surface area contributed by atoms with E-state index < -0.39 is 12.1 Å². The van der Waals surface area contributed by atoms with Crippen LogP contribution in [0.15, 0.2) is 47.5 Å². The Kier molecular flexibility index (Phi) is 3.77. The highest BCUT2D eigenvalue weighted by molar-refractivity contribution is 6.31. The minimum atomic E-state index is -0.571. The van der Waals surface area contributed by atoms with E-state index >= 15 is 0 Å². The third kappa shape index (κ3) is 2.57. The van der Waals surface area contributed by atoms with Crippen LogP contribution in [0.2, 0.25) is 5.02 Å². The van der Waals surface area contributed by atoms with Crippen molar-refractivity contribution < 1.29 is 9.23 Å². The third-order valence-corrected chi connectivity index (χ3v) is 3.48. The third-order valence-electron chi connectivity index (χ3n) is 3.18.